The van der Waals surface area contributed by atoms with Crippen LogP contribution in [0.25, 0.3) is 0 Å². The summed E-state index contributed by atoms with van der Waals surface area (Å²) in [4.78, 5) is 8.36. The van der Waals surface area contributed by atoms with Crippen LogP contribution in [0, 0.1) is 13.8 Å². The van der Waals surface area contributed by atoms with E-state index >= 15 is 0 Å². The van der Waals surface area contributed by atoms with Crippen LogP contribution in [0.5, 0.6) is 0 Å². The normalized spacial score (nSPS) is 10.5. The molecule has 0 aliphatic heterocycles. The van der Waals surface area contributed by atoms with E-state index in [0.717, 1.165) is 5.56 Å². The highest BCUT2D eigenvalue weighted by Gasteiger charge is 2.11. The van der Waals surface area contributed by atoms with Crippen molar-refractivity contribution < 1.29 is 0 Å². The number of para-hydroxylation sites is 1. The number of nitrogens with zero attached hydrogens (tertiary/aromatic N) is 2. The molecule has 1 N–H and O–H groups in total. The summed E-state index contributed by atoms with van der Waals surface area (Å²) in [5.41, 5.74) is 1.36. The van der Waals surface area contributed by atoms with Crippen molar-refractivity contribution in [2.24, 2.45) is 0 Å². The molecule has 6 heteroatoms. The monoisotopic (exact) mass is 301 g/mol. The summed E-state index contributed by atoms with van der Waals surface area (Å²) in [6, 6.07) is 5.28. The van der Waals surface area contributed by atoms with Gasteiger partial charge < -0.3 is 5.32 Å². The van der Waals surface area contributed by atoms with Gasteiger partial charge in [0.2, 0.25) is 0 Å². The van der Waals surface area contributed by atoms with Gasteiger partial charge in [-0.3, -0.25) is 0 Å². The van der Waals surface area contributed by atoms with Crippen molar-refractivity contribution in [3.05, 3.63) is 44.8 Å². The summed E-state index contributed by atoms with van der Waals surface area (Å²) in [6.45, 7) is 3.60. The molecule has 1 heterocycles. The molecule has 0 unspecified atom stereocenters. The molecule has 1 aromatic carbocycles. The molecule has 0 atom stereocenters. The lowest BCUT2D eigenvalue weighted by Gasteiger charge is -2.12. The van der Waals surface area contributed by atoms with Gasteiger partial charge in [-0.1, -0.05) is 40.9 Å². The van der Waals surface area contributed by atoms with Gasteiger partial charge in [-0.25, -0.2) is 9.97 Å². The highest BCUT2D eigenvalue weighted by Crippen LogP contribution is 2.33. The zero-order valence-electron chi connectivity index (χ0n) is 9.76. The third-order valence-electron chi connectivity index (χ3n) is 2.40. The number of benzene rings is 1. The van der Waals surface area contributed by atoms with Gasteiger partial charge in [0.05, 0.1) is 15.7 Å². The predicted octanol–water partition coefficient (Wildman–Crippen LogP) is 4.80. The smallest absolute Gasteiger partial charge is 0.138 e. The van der Waals surface area contributed by atoms with E-state index in [9.17, 15) is 0 Å². The van der Waals surface area contributed by atoms with Crippen molar-refractivity contribution in [3.8, 4) is 0 Å². The van der Waals surface area contributed by atoms with Gasteiger partial charge in [-0.05, 0) is 26.0 Å². The number of rotatable bonds is 2. The highest BCUT2D eigenvalue weighted by molar-refractivity contribution is 6.39. The van der Waals surface area contributed by atoms with E-state index in [0.29, 0.717) is 32.5 Å². The van der Waals surface area contributed by atoms with Gasteiger partial charge in [-0.2, -0.15) is 0 Å². The molecule has 18 heavy (non-hydrogen) atoms. The Kier molecular flexibility index (Phi) is 3.95. The van der Waals surface area contributed by atoms with Crippen LogP contribution in [0.1, 0.15) is 11.4 Å². The maximum atomic E-state index is 6.09. The summed E-state index contributed by atoms with van der Waals surface area (Å²) in [5, 5.41) is 4.55. The number of aryl methyl sites for hydroxylation is 1. The Labute approximate surface area is 120 Å². The third kappa shape index (κ3) is 2.69. The van der Waals surface area contributed by atoms with E-state index in [1.54, 1.807) is 25.1 Å². The molecule has 3 nitrogen and oxygen atoms in total. The number of hydrogen-bond donors (Lipinski definition) is 1. The minimum atomic E-state index is 0.410. The highest BCUT2D eigenvalue weighted by atomic mass is 35.5. The van der Waals surface area contributed by atoms with Gasteiger partial charge in [0.25, 0.3) is 0 Å². The Hall–Kier alpha value is -1.03. The van der Waals surface area contributed by atoms with Crippen molar-refractivity contribution in [3.63, 3.8) is 0 Å². The van der Waals surface area contributed by atoms with E-state index in [2.05, 4.69) is 15.3 Å². The molecule has 0 bridgehead atoms. The van der Waals surface area contributed by atoms with E-state index in [-0.39, 0.29) is 0 Å². The molecule has 2 rings (SSSR count). The Bertz CT molecular complexity index is 579. The fourth-order valence-electron chi connectivity index (χ4n) is 1.45. The van der Waals surface area contributed by atoms with E-state index in [1.807, 2.05) is 6.92 Å². The fourth-order valence-corrected chi connectivity index (χ4v) is 2.16. The second-order valence-electron chi connectivity index (χ2n) is 3.76. The minimum Gasteiger partial charge on any atom is -0.337 e. The van der Waals surface area contributed by atoms with Gasteiger partial charge >= 0.3 is 0 Å². The molecular weight excluding hydrogens is 293 g/mol. The Morgan fingerprint density at radius 2 is 1.61 bits per heavy atom. The molecule has 0 saturated carbocycles. The van der Waals surface area contributed by atoms with Gasteiger partial charge in [0.1, 0.15) is 16.8 Å². The average molecular weight is 303 g/mol. The first kappa shape index (κ1) is 13.4. The first-order valence-electron chi connectivity index (χ1n) is 5.21. The van der Waals surface area contributed by atoms with Gasteiger partial charge in [-0.15, -0.1) is 0 Å². The van der Waals surface area contributed by atoms with Crippen molar-refractivity contribution in [1.82, 2.24) is 9.97 Å². The van der Waals surface area contributed by atoms with Crippen LogP contribution in [0.15, 0.2) is 18.2 Å². The van der Waals surface area contributed by atoms with Crippen LogP contribution in [0.4, 0.5) is 11.5 Å². The molecule has 94 valence electrons. The standard InChI is InChI=1S/C12H10Cl3N3/c1-6-11(15)16-7(2)17-12(6)18-10-8(13)4-3-5-9(10)14/h3-5H,1-2H3,(H,16,17,18). The number of aromatic nitrogens is 2. The summed E-state index contributed by atoms with van der Waals surface area (Å²) in [7, 11) is 0. The molecule has 0 spiro atoms. The number of nitrogens with one attached hydrogen (secondary N) is 1. The third-order valence-corrected chi connectivity index (χ3v) is 3.40. The van der Waals surface area contributed by atoms with Crippen LogP contribution in [-0.4, -0.2) is 9.97 Å². The van der Waals surface area contributed by atoms with E-state index in [1.165, 1.54) is 0 Å². The average Bonchev–Trinajstić information content (AvgIpc) is 2.30. The number of hydrogen-bond acceptors (Lipinski definition) is 3. The molecular formula is C12H10Cl3N3. The summed E-state index contributed by atoms with van der Waals surface area (Å²) >= 11 is 18.2. The van der Waals surface area contributed by atoms with Crippen LogP contribution in [0.3, 0.4) is 0 Å². The van der Waals surface area contributed by atoms with Crippen LogP contribution in [-0.2, 0) is 0 Å². The lowest BCUT2D eigenvalue weighted by atomic mass is 10.3. The predicted molar refractivity (Wildman–Crippen MR) is 76.3 cm³/mol. The zero-order chi connectivity index (χ0) is 13.3. The molecule has 0 aliphatic rings. The molecule has 0 amide bonds. The first-order chi connectivity index (χ1) is 8.49. The van der Waals surface area contributed by atoms with E-state index < -0.39 is 0 Å². The molecule has 0 aliphatic carbocycles. The quantitative estimate of drug-likeness (QED) is 0.810. The molecule has 2 aromatic rings. The van der Waals surface area contributed by atoms with Gasteiger partial charge in [0, 0.05) is 5.56 Å². The van der Waals surface area contributed by atoms with Crippen LogP contribution in [0.2, 0.25) is 15.2 Å². The van der Waals surface area contributed by atoms with Crippen LogP contribution >= 0.6 is 34.8 Å². The summed E-state index contributed by atoms with van der Waals surface area (Å²) in [5.74, 6) is 1.18. The lowest BCUT2D eigenvalue weighted by Crippen LogP contribution is -2.02. The zero-order valence-corrected chi connectivity index (χ0v) is 12.0. The van der Waals surface area contributed by atoms with Crippen molar-refractivity contribution >= 4 is 46.3 Å². The summed E-state index contributed by atoms with van der Waals surface area (Å²) < 4.78 is 0. The van der Waals surface area contributed by atoms with Crippen molar-refractivity contribution in [2.45, 2.75) is 13.8 Å². The summed E-state index contributed by atoms with van der Waals surface area (Å²) in [6.07, 6.45) is 0. The van der Waals surface area contributed by atoms with Crippen molar-refractivity contribution in [2.75, 3.05) is 5.32 Å². The van der Waals surface area contributed by atoms with Crippen molar-refractivity contribution in [1.29, 1.82) is 0 Å². The molecule has 0 radical (unpaired) electrons. The Morgan fingerprint density at radius 3 is 2.22 bits per heavy atom. The second-order valence-corrected chi connectivity index (χ2v) is 4.93. The van der Waals surface area contributed by atoms with Gasteiger partial charge in [0.15, 0.2) is 0 Å². The number of anilines is 2. The number of halogens is 3. The topological polar surface area (TPSA) is 37.8 Å². The SMILES string of the molecule is Cc1nc(Cl)c(C)c(Nc2c(Cl)cccc2Cl)n1. The fraction of sp³-hybridized carbons (Fsp3) is 0.167. The van der Waals surface area contributed by atoms with Crippen LogP contribution < -0.4 is 5.32 Å². The Morgan fingerprint density at radius 1 is 1.00 bits per heavy atom. The molecule has 0 saturated heterocycles. The maximum absolute atomic E-state index is 6.09. The molecule has 1 aromatic heterocycles. The van der Waals surface area contributed by atoms with E-state index in [4.69, 9.17) is 34.8 Å². The minimum absolute atomic E-state index is 0.410. The lowest BCUT2D eigenvalue weighted by molar-refractivity contribution is 1.04. The molecule has 0 fully saturated rings. The Balaban J connectivity index is 2.46. The largest absolute Gasteiger partial charge is 0.337 e. The first-order valence-corrected chi connectivity index (χ1v) is 6.34. The second kappa shape index (κ2) is 5.31. The maximum Gasteiger partial charge on any atom is 0.138 e.